The average Bonchev–Trinajstić information content (AvgIpc) is 3.47. The van der Waals surface area contributed by atoms with Gasteiger partial charge in [-0.05, 0) is 65.4 Å². The molecule has 1 N–H and O–H groups in total. The number of halogens is 1. The van der Waals surface area contributed by atoms with E-state index in [-0.39, 0.29) is 11.5 Å². The molecule has 34 heavy (non-hydrogen) atoms. The van der Waals surface area contributed by atoms with Gasteiger partial charge in [-0.3, -0.25) is 0 Å². The van der Waals surface area contributed by atoms with Crippen LogP contribution in [0.5, 0.6) is 0 Å². The van der Waals surface area contributed by atoms with Crippen LogP contribution in [0.3, 0.4) is 0 Å². The van der Waals surface area contributed by atoms with Crippen molar-refractivity contribution in [2.75, 3.05) is 7.11 Å². The number of hydrogen-bond donors (Lipinski definition) is 1. The molecule has 0 amide bonds. The van der Waals surface area contributed by atoms with Crippen LogP contribution in [-0.2, 0) is 4.74 Å². The lowest BCUT2D eigenvalue weighted by Crippen LogP contribution is -2.04. The number of aryl methyl sites for hydroxylation is 1. The maximum Gasteiger partial charge on any atom is 0.356 e. The van der Waals surface area contributed by atoms with Crippen LogP contribution in [0.15, 0.2) is 66.2 Å². The van der Waals surface area contributed by atoms with Gasteiger partial charge in [-0.2, -0.15) is 5.26 Å². The molecule has 2 aromatic carbocycles. The van der Waals surface area contributed by atoms with Crippen molar-refractivity contribution in [1.29, 1.82) is 5.26 Å². The normalized spacial score (nSPS) is 10.9. The molecule has 0 bridgehead atoms. The summed E-state index contributed by atoms with van der Waals surface area (Å²) in [5.41, 5.74) is 6.96. The molecule has 166 valence electrons. The van der Waals surface area contributed by atoms with Crippen molar-refractivity contribution in [3.63, 3.8) is 0 Å². The smallest absolute Gasteiger partial charge is 0.356 e. The minimum Gasteiger partial charge on any atom is -0.464 e. The molecule has 7 heteroatoms. The molecule has 0 atom stereocenters. The van der Waals surface area contributed by atoms with Crippen LogP contribution in [0.25, 0.3) is 44.4 Å². The number of nitrogens with one attached hydrogen (secondary N) is 1. The second-order valence-corrected chi connectivity index (χ2v) is 8.71. The van der Waals surface area contributed by atoms with Gasteiger partial charge in [-0.15, -0.1) is 11.3 Å². The first-order valence-electron chi connectivity index (χ1n) is 10.4. The van der Waals surface area contributed by atoms with Crippen LogP contribution >= 0.6 is 11.3 Å². The fourth-order valence-corrected chi connectivity index (χ4v) is 4.86. The number of rotatable bonds is 4. The Morgan fingerprint density at radius 2 is 1.94 bits per heavy atom. The van der Waals surface area contributed by atoms with E-state index >= 15 is 0 Å². The molecule has 5 nitrogen and oxygen atoms in total. The van der Waals surface area contributed by atoms with E-state index in [1.54, 1.807) is 18.3 Å². The van der Waals surface area contributed by atoms with Crippen LogP contribution in [-0.4, -0.2) is 23.0 Å². The fourth-order valence-electron chi connectivity index (χ4n) is 4.17. The summed E-state index contributed by atoms with van der Waals surface area (Å²) < 4.78 is 18.9. The molecular weight excluding hydrogens is 449 g/mol. The van der Waals surface area contributed by atoms with Gasteiger partial charge in [0, 0.05) is 33.8 Å². The SMILES string of the molecule is COC(=O)c1cc(C)c(-c2cccc(-c3[nH]c4ccc(F)cc4c3-c3ccsc3C#N)c2)cn1. The zero-order valence-electron chi connectivity index (χ0n) is 18.3. The Bertz CT molecular complexity index is 1610. The summed E-state index contributed by atoms with van der Waals surface area (Å²) in [7, 11) is 1.33. The van der Waals surface area contributed by atoms with Gasteiger partial charge in [0.2, 0.25) is 0 Å². The molecule has 0 aliphatic carbocycles. The van der Waals surface area contributed by atoms with Crippen molar-refractivity contribution in [2.45, 2.75) is 6.92 Å². The monoisotopic (exact) mass is 467 g/mol. The number of ether oxygens (including phenoxy) is 1. The molecule has 0 saturated carbocycles. The molecule has 0 unspecified atom stereocenters. The number of nitriles is 1. The van der Waals surface area contributed by atoms with Crippen LogP contribution < -0.4 is 0 Å². The Balaban J connectivity index is 1.69. The van der Waals surface area contributed by atoms with Gasteiger partial charge >= 0.3 is 5.97 Å². The highest BCUT2D eigenvalue weighted by Crippen LogP contribution is 2.42. The third kappa shape index (κ3) is 3.64. The van der Waals surface area contributed by atoms with Gasteiger partial charge < -0.3 is 9.72 Å². The van der Waals surface area contributed by atoms with Gasteiger partial charge in [-0.25, -0.2) is 14.2 Å². The van der Waals surface area contributed by atoms with E-state index < -0.39 is 5.97 Å². The highest BCUT2D eigenvalue weighted by atomic mass is 32.1. The number of fused-ring (bicyclic) bond motifs is 1. The molecule has 0 fully saturated rings. The number of pyridine rings is 1. The van der Waals surface area contributed by atoms with Crippen molar-refractivity contribution in [3.8, 4) is 39.6 Å². The average molecular weight is 468 g/mol. The number of nitrogens with zero attached hydrogens (tertiary/aromatic N) is 2. The summed E-state index contributed by atoms with van der Waals surface area (Å²) >= 11 is 1.36. The lowest BCUT2D eigenvalue weighted by Gasteiger charge is -2.10. The lowest BCUT2D eigenvalue weighted by atomic mass is 9.95. The first kappa shape index (κ1) is 21.6. The number of aromatic nitrogens is 2. The van der Waals surface area contributed by atoms with Crippen LogP contribution in [0.2, 0.25) is 0 Å². The Morgan fingerprint density at radius 3 is 2.71 bits per heavy atom. The Labute approximate surface area is 199 Å². The van der Waals surface area contributed by atoms with E-state index in [0.29, 0.717) is 4.88 Å². The zero-order chi connectivity index (χ0) is 23.8. The minimum absolute atomic E-state index is 0.251. The fraction of sp³-hybridized carbons (Fsp3) is 0.0741. The van der Waals surface area contributed by atoms with E-state index in [0.717, 1.165) is 50.0 Å². The molecule has 0 radical (unpaired) electrons. The standard InChI is InChI=1S/C27H18FN3O2S/c1-15-10-23(27(32)33-2)30-14-21(15)16-4-3-5-17(11-16)26-25(19-8-9-34-24(19)13-29)20-12-18(28)6-7-22(20)31-26/h3-12,14,31H,1-2H3. The summed E-state index contributed by atoms with van der Waals surface area (Å²) in [6.07, 6.45) is 1.66. The van der Waals surface area contributed by atoms with Gasteiger partial charge in [-0.1, -0.05) is 18.2 Å². The third-order valence-electron chi connectivity index (χ3n) is 5.76. The van der Waals surface area contributed by atoms with E-state index in [1.807, 2.05) is 42.6 Å². The van der Waals surface area contributed by atoms with E-state index in [2.05, 4.69) is 16.0 Å². The highest BCUT2D eigenvalue weighted by Gasteiger charge is 2.20. The topological polar surface area (TPSA) is 78.8 Å². The number of carbonyl (C=O) groups excluding carboxylic acids is 1. The largest absolute Gasteiger partial charge is 0.464 e. The van der Waals surface area contributed by atoms with Gasteiger partial charge in [0.15, 0.2) is 0 Å². The minimum atomic E-state index is -0.484. The molecule has 0 saturated heterocycles. The zero-order valence-corrected chi connectivity index (χ0v) is 19.2. The maximum absolute atomic E-state index is 14.2. The summed E-state index contributed by atoms with van der Waals surface area (Å²) in [5.74, 6) is -0.823. The predicted octanol–water partition coefficient (Wildman–Crippen LogP) is 6.73. The molecule has 0 aliphatic rings. The summed E-state index contributed by atoms with van der Waals surface area (Å²) in [5, 5.41) is 12.2. The van der Waals surface area contributed by atoms with Crippen molar-refractivity contribution >= 4 is 28.2 Å². The van der Waals surface area contributed by atoms with Crippen molar-refractivity contribution in [3.05, 3.63) is 88.1 Å². The van der Waals surface area contributed by atoms with E-state index in [1.165, 1.54) is 30.6 Å². The Morgan fingerprint density at radius 1 is 1.12 bits per heavy atom. The maximum atomic E-state index is 14.2. The highest BCUT2D eigenvalue weighted by molar-refractivity contribution is 7.11. The summed E-state index contributed by atoms with van der Waals surface area (Å²) in [6, 6.07) is 18.4. The lowest BCUT2D eigenvalue weighted by molar-refractivity contribution is 0.0594. The van der Waals surface area contributed by atoms with Crippen molar-refractivity contribution in [1.82, 2.24) is 9.97 Å². The van der Waals surface area contributed by atoms with Crippen LogP contribution in [0, 0.1) is 24.1 Å². The number of esters is 1. The first-order chi connectivity index (χ1) is 16.5. The third-order valence-corrected chi connectivity index (χ3v) is 6.58. The van der Waals surface area contributed by atoms with Crippen LogP contribution in [0.4, 0.5) is 4.39 Å². The van der Waals surface area contributed by atoms with Crippen molar-refractivity contribution < 1.29 is 13.9 Å². The van der Waals surface area contributed by atoms with E-state index in [9.17, 15) is 14.4 Å². The molecule has 3 aromatic heterocycles. The summed E-state index contributed by atoms with van der Waals surface area (Å²) in [4.78, 5) is 20.1. The second kappa shape index (κ2) is 8.58. The molecule has 5 rings (SSSR count). The second-order valence-electron chi connectivity index (χ2n) is 7.80. The molecule has 0 aliphatic heterocycles. The number of benzene rings is 2. The van der Waals surface area contributed by atoms with Crippen LogP contribution in [0.1, 0.15) is 20.9 Å². The summed E-state index contributed by atoms with van der Waals surface area (Å²) in [6.45, 7) is 1.91. The Kier molecular flexibility index (Phi) is 5.44. The number of H-pyrrole nitrogens is 1. The number of thiophene rings is 1. The molecular formula is C27H18FN3O2S. The number of hydrogen-bond acceptors (Lipinski definition) is 5. The number of aromatic amines is 1. The first-order valence-corrected chi connectivity index (χ1v) is 11.3. The molecule has 3 heterocycles. The van der Waals surface area contributed by atoms with Gasteiger partial charge in [0.25, 0.3) is 0 Å². The van der Waals surface area contributed by atoms with E-state index in [4.69, 9.17) is 4.74 Å². The number of methoxy groups -OCH3 is 1. The number of carbonyl (C=O) groups is 1. The molecule has 0 spiro atoms. The quantitative estimate of drug-likeness (QED) is 0.297. The molecule has 5 aromatic rings. The van der Waals surface area contributed by atoms with Gasteiger partial charge in [0.1, 0.15) is 22.5 Å². The Hall–Kier alpha value is -4.28. The predicted molar refractivity (Wildman–Crippen MR) is 131 cm³/mol. The van der Waals surface area contributed by atoms with Crippen molar-refractivity contribution in [2.24, 2.45) is 0 Å². The van der Waals surface area contributed by atoms with Gasteiger partial charge in [0.05, 0.1) is 12.8 Å².